The first kappa shape index (κ1) is 16.0. The van der Waals surface area contributed by atoms with Crippen LogP contribution in [0.25, 0.3) is 0 Å². The van der Waals surface area contributed by atoms with Crippen LogP contribution in [0.3, 0.4) is 0 Å². The van der Waals surface area contributed by atoms with Gasteiger partial charge in [0.15, 0.2) is 5.76 Å². The highest BCUT2D eigenvalue weighted by Crippen LogP contribution is 2.22. The maximum atomic E-state index is 12.5. The van der Waals surface area contributed by atoms with Gasteiger partial charge in [-0.05, 0) is 26.7 Å². The third kappa shape index (κ3) is 3.11. The molecule has 0 atom stereocenters. The minimum Gasteiger partial charge on any atom is -0.360 e. The Morgan fingerprint density at radius 2 is 2.00 bits per heavy atom. The van der Waals surface area contributed by atoms with E-state index in [0.717, 1.165) is 31.9 Å². The second-order valence-corrected chi connectivity index (χ2v) is 7.52. The second-order valence-electron chi connectivity index (χ2n) is 5.87. The fourth-order valence-electron chi connectivity index (χ4n) is 3.00. The lowest BCUT2D eigenvalue weighted by molar-refractivity contribution is 0.390. The lowest BCUT2D eigenvalue weighted by atomic mass is 10.1. The number of sulfonamides is 1. The van der Waals surface area contributed by atoms with E-state index in [2.05, 4.69) is 19.8 Å². The molecule has 3 heterocycles. The topological polar surface area (TPSA) is 93.3 Å². The van der Waals surface area contributed by atoms with E-state index in [1.807, 2.05) is 17.8 Å². The molecule has 2 aromatic heterocycles. The Morgan fingerprint density at radius 3 is 2.52 bits per heavy atom. The molecule has 0 amide bonds. The number of imidazole rings is 1. The van der Waals surface area contributed by atoms with Crippen molar-refractivity contribution in [2.24, 2.45) is 7.05 Å². The van der Waals surface area contributed by atoms with Crippen molar-refractivity contribution in [1.29, 1.82) is 0 Å². The largest absolute Gasteiger partial charge is 0.360 e. The van der Waals surface area contributed by atoms with Gasteiger partial charge in [0.1, 0.15) is 10.6 Å². The van der Waals surface area contributed by atoms with Crippen LogP contribution in [0.5, 0.6) is 0 Å². The van der Waals surface area contributed by atoms with Crippen molar-refractivity contribution in [1.82, 2.24) is 19.4 Å². The highest BCUT2D eigenvalue weighted by molar-refractivity contribution is 7.89. The maximum Gasteiger partial charge on any atom is 0.246 e. The van der Waals surface area contributed by atoms with Gasteiger partial charge in [0.2, 0.25) is 16.0 Å². The average molecular weight is 339 g/mol. The summed E-state index contributed by atoms with van der Waals surface area (Å²) in [5.41, 5.74) is 0.389. The van der Waals surface area contributed by atoms with E-state index in [9.17, 15) is 8.42 Å². The molecule has 3 rings (SSSR count). The number of hydrogen-bond donors (Lipinski definition) is 1. The van der Waals surface area contributed by atoms with E-state index in [1.54, 1.807) is 20.0 Å². The summed E-state index contributed by atoms with van der Waals surface area (Å²) in [6.07, 6.45) is 5.13. The maximum absolute atomic E-state index is 12.5. The standard InChI is InChI=1S/C14H21N5O3S/c1-10-13(11(2)22-16-10)23(20,21)17-12-4-7-19(8-5-12)14-15-6-9-18(14)3/h6,9,12,17H,4-5,7-8H2,1-3H3. The summed E-state index contributed by atoms with van der Waals surface area (Å²) in [6, 6.07) is -0.0924. The zero-order chi connectivity index (χ0) is 16.6. The molecule has 23 heavy (non-hydrogen) atoms. The molecule has 126 valence electrons. The summed E-state index contributed by atoms with van der Waals surface area (Å²) >= 11 is 0. The summed E-state index contributed by atoms with van der Waals surface area (Å²) in [5, 5.41) is 3.72. The summed E-state index contributed by atoms with van der Waals surface area (Å²) in [5.74, 6) is 1.23. The molecule has 0 radical (unpaired) electrons. The van der Waals surface area contributed by atoms with Gasteiger partial charge in [-0.1, -0.05) is 5.16 Å². The number of rotatable bonds is 4. The van der Waals surface area contributed by atoms with Crippen molar-refractivity contribution < 1.29 is 12.9 Å². The van der Waals surface area contributed by atoms with Crippen LogP contribution >= 0.6 is 0 Å². The fourth-order valence-corrected chi connectivity index (χ4v) is 4.63. The van der Waals surface area contributed by atoms with Crippen molar-refractivity contribution in [3.8, 4) is 0 Å². The van der Waals surface area contributed by atoms with Crippen LogP contribution < -0.4 is 9.62 Å². The zero-order valence-electron chi connectivity index (χ0n) is 13.5. The Kier molecular flexibility index (Phi) is 4.15. The zero-order valence-corrected chi connectivity index (χ0v) is 14.3. The van der Waals surface area contributed by atoms with Crippen molar-refractivity contribution in [3.05, 3.63) is 23.8 Å². The van der Waals surface area contributed by atoms with Crippen molar-refractivity contribution in [3.63, 3.8) is 0 Å². The number of aryl methyl sites for hydroxylation is 3. The molecule has 1 aliphatic rings. The molecule has 0 spiro atoms. The molecule has 0 aromatic carbocycles. The quantitative estimate of drug-likeness (QED) is 0.892. The van der Waals surface area contributed by atoms with Crippen LogP contribution in [0.15, 0.2) is 21.8 Å². The molecule has 9 heteroatoms. The molecule has 0 aliphatic carbocycles. The molecule has 1 fully saturated rings. The minimum absolute atomic E-state index is 0.0924. The molecule has 0 saturated carbocycles. The summed E-state index contributed by atoms with van der Waals surface area (Å²) < 4.78 is 34.8. The van der Waals surface area contributed by atoms with Crippen LogP contribution in [-0.4, -0.2) is 42.3 Å². The predicted molar refractivity (Wildman–Crippen MR) is 84.7 cm³/mol. The summed E-state index contributed by atoms with van der Waals surface area (Å²) in [4.78, 5) is 6.66. The third-order valence-corrected chi connectivity index (χ3v) is 5.90. The van der Waals surface area contributed by atoms with Gasteiger partial charge in [0.05, 0.1) is 0 Å². The summed E-state index contributed by atoms with van der Waals surface area (Å²) in [7, 11) is -1.65. The van der Waals surface area contributed by atoms with Gasteiger partial charge in [-0.2, -0.15) is 0 Å². The molecular formula is C14H21N5O3S. The number of piperidine rings is 1. The van der Waals surface area contributed by atoms with Gasteiger partial charge in [0.25, 0.3) is 0 Å². The lowest BCUT2D eigenvalue weighted by Gasteiger charge is -2.32. The van der Waals surface area contributed by atoms with E-state index in [4.69, 9.17) is 4.52 Å². The molecular weight excluding hydrogens is 318 g/mol. The van der Waals surface area contributed by atoms with Gasteiger partial charge < -0.3 is 14.0 Å². The van der Waals surface area contributed by atoms with Crippen LogP contribution in [0, 0.1) is 13.8 Å². The first-order chi connectivity index (χ1) is 10.9. The predicted octanol–water partition coefficient (Wildman–Crippen LogP) is 0.972. The lowest BCUT2D eigenvalue weighted by Crippen LogP contribution is -2.45. The third-order valence-electron chi connectivity index (χ3n) is 4.13. The Morgan fingerprint density at radius 1 is 1.30 bits per heavy atom. The molecule has 2 aromatic rings. The fraction of sp³-hybridized carbons (Fsp3) is 0.571. The van der Waals surface area contributed by atoms with Gasteiger partial charge in [-0.3, -0.25) is 0 Å². The highest BCUT2D eigenvalue weighted by Gasteiger charge is 2.29. The number of nitrogens with zero attached hydrogens (tertiary/aromatic N) is 4. The Balaban J connectivity index is 1.66. The molecule has 1 aliphatic heterocycles. The van der Waals surface area contributed by atoms with E-state index in [-0.39, 0.29) is 10.9 Å². The van der Waals surface area contributed by atoms with Gasteiger partial charge >= 0.3 is 0 Å². The molecule has 0 unspecified atom stereocenters. The Labute approximate surface area is 135 Å². The number of anilines is 1. The van der Waals surface area contributed by atoms with E-state index in [0.29, 0.717) is 11.5 Å². The normalized spacial score (nSPS) is 16.9. The second kappa shape index (κ2) is 5.97. The highest BCUT2D eigenvalue weighted by atomic mass is 32.2. The van der Waals surface area contributed by atoms with Crippen molar-refractivity contribution in [2.45, 2.75) is 37.6 Å². The summed E-state index contributed by atoms with van der Waals surface area (Å²) in [6.45, 7) is 4.77. The van der Waals surface area contributed by atoms with Crippen molar-refractivity contribution in [2.75, 3.05) is 18.0 Å². The van der Waals surface area contributed by atoms with E-state index >= 15 is 0 Å². The number of nitrogens with one attached hydrogen (secondary N) is 1. The Bertz CT molecular complexity index is 768. The number of hydrogen-bond acceptors (Lipinski definition) is 6. The Hall–Kier alpha value is -1.87. The van der Waals surface area contributed by atoms with Gasteiger partial charge in [0, 0.05) is 38.6 Å². The van der Waals surface area contributed by atoms with E-state index in [1.165, 1.54) is 0 Å². The first-order valence-corrected chi connectivity index (χ1v) is 9.04. The van der Waals surface area contributed by atoms with Gasteiger partial charge in [-0.15, -0.1) is 0 Å². The minimum atomic E-state index is -3.60. The number of aromatic nitrogens is 3. The smallest absolute Gasteiger partial charge is 0.246 e. The molecule has 1 saturated heterocycles. The van der Waals surface area contributed by atoms with Crippen LogP contribution in [0.2, 0.25) is 0 Å². The van der Waals surface area contributed by atoms with Crippen LogP contribution in [0.1, 0.15) is 24.3 Å². The average Bonchev–Trinajstić information content (AvgIpc) is 3.05. The van der Waals surface area contributed by atoms with Crippen molar-refractivity contribution >= 4 is 16.0 Å². The van der Waals surface area contributed by atoms with Crippen LogP contribution in [0.4, 0.5) is 5.95 Å². The monoisotopic (exact) mass is 339 g/mol. The SMILES string of the molecule is Cc1noc(C)c1S(=O)(=O)NC1CCN(c2nccn2C)CC1. The van der Waals surface area contributed by atoms with Gasteiger partial charge in [-0.25, -0.2) is 18.1 Å². The molecule has 0 bridgehead atoms. The van der Waals surface area contributed by atoms with Crippen LogP contribution in [-0.2, 0) is 17.1 Å². The first-order valence-electron chi connectivity index (χ1n) is 7.56. The molecule has 8 nitrogen and oxygen atoms in total. The van der Waals surface area contributed by atoms with E-state index < -0.39 is 10.0 Å². The molecule has 1 N–H and O–H groups in total.